The van der Waals surface area contributed by atoms with Gasteiger partial charge in [0.1, 0.15) is 5.54 Å². The molecule has 0 spiro atoms. The van der Waals surface area contributed by atoms with Gasteiger partial charge in [0.05, 0.1) is 0 Å². The molecule has 4 heteroatoms. The first-order valence-corrected chi connectivity index (χ1v) is 6.69. The molecule has 1 aromatic rings. The van der Waals surface area contributed by atoms with Gasteiger partial charge in [-0.25, -0.2) is 0 Å². The first-order chi connectivity index (χ1) is 7.99. The molecule has 0 saturated heterocycles. The number of carboxylic acid groups (broad SMARTS) is 1. The van der Waals surface area contributed by atoms with Gasteiger partial charge in [-0.05, 0) is 32.0 Å². The van der Waals surface area contributed by atoms with E-state index in [-0.39, 0.29) is 0 Å². The Labute approximate surface area is 107 Å². The Morgan fingerprint density at radius 2 is 2.12 bits per heavy atom. The van der Waals surface area contributed by atoms with Crippen molar-refractivity contribution in [3.8, 4) is 0 Å². The number of hydrogen-bond donors (Lipinski definition) is 2. The van der Waals surface area contributed by atoms with Crippen LogP contribution in [-0.2, 0) is 10.5 Å². The minimum Gasteiger partial charge on any atom is -0.480 e. The van der Waals surface area contributed by atoms with Gasteiger partial charge in [0.25, 0.3) is 0 Å². The second kappa shape index (κ2) is 6.07. The average molecular weight is 253 g/mol. The minimum absolute atomic E-state index is 0.549. The number of rotatable bonds is 6. The molecule has 17 heavy (non-hydrogen) atoms. The van der Waals surface area contributed by atoms with Crippen molar-refractivity contribution in [2.75, 3.05) is 12.8 Å². The molecule has 2 N–H and O–H groups in total. The van der Waals surface area contributed by atoms with Crippen LogP contribution in [0.2, 0.25) is 0 Å². The first-order valence-electron chi connectivity index (χ1n) is 5.54. The molecule has 0 amide bonds. The van der Waals surface area contributed by atoms with E-state index in [1.165, 1.54) is 11.1 Å². The fourth-order valence-corrected chi connectivity index (χ4v) is 2.70. The first kappa shape index (κ1) is 14.1. The van der Waals surface area contributed by atoms with E-state index in [2.05, 4.69) is 24.4 Å². The zero-order valence-electron chi connectivity index (χ0n) is 10.5. The van der Waals surface area contributed by atoms with Gasteiger partial charge in [-0.1, -0.05) is 24.3 Å². The number of carboxylic acids is 1. The maximum absolute atomic E-state index is 11.1. The number of benzene rings is 1. The zero-order chi connectivity index (χ0) is 12.9. The number of nitrogens with one attached hydrogen (secondary N) is 1. The molecule has 0 fully saturated rings. The molecule has 1 rings (SSSR count). The van der Waals surface area contributed by atoms with Gasteiger partial charge >= 0.3 is 5.97 Å². The van der Waals surface area contributed by atoms with Crippen LogP contribution in [0.4, 0.5) is 0 Å². The summed E-state index contributed by atoms with van der Waals surface area (Å²) in [4.78, 5) is 11.1. The molecule has 1 atom stereocenters. The Bertz CT molecular complexity index is 395. The summed E-state index contributed by atoms with van der Waals surface area (Å²) >= 11 is 1.64. The molecule has 0 radical (unpaired) electrons. The van der Waals surface area contributed by atoms with Crippen LogP contribution < -0.4 is 5.32 Å². The molecule has 0 aromatic heterocycles. The normalized spacial score (nSPS) is 14.3. The Hall–Kier alpha value is -1.00. The van der Waals surface area contributed by atoms with Crippen LogP contribution in [0.15, 0.2) is 24.3 Å². The van der Waals surface area contributed by atoms with Crippen LogP contribution in [0, 0.1) is 6.92 Å². The molecule has 0 aliphatic carbocycles. The van der Waals surface area contributed by atoms with Crippen LogP contribution in [0.25, 0.3) is 0 Å². The highest BCUT2D eigenvalue weighted by Crippen LogP contribution is 2.20. The second-order valence-electron chi connectivity index (χ2n) is 4.31. The molecule has 94 valence electrons. The van der Waals surface area contributed by atoms with E-state index in [9.17, 15) is 4.79 Å². The van der Waals surface area contributed by atoms with Gasteiger partial charge in [0, 0.05) is 11.5 Å². The summed E-state index contributed by atoms with van der Waals surface area (Å²) in [6.45, 7) is 3.78. The lowest BCUT2D eigenvalue weighted by Crippen LogP contribution is -2.49. The molecule has 0 aliphatic rings. The van der Waals surface area contributed by atoms with Crippen molar-refractivity contribution in [3.63, 3.8) is 0 Å². The smallest absolute Gasteiger partial charge is 0.324 e. The van der Waals surface area contributed by atoms with Crippen molar-refractivity contribution in [1.29, 1.82) is 0 Å². The predicted molar refractivity (Wildman–Crippen MR) is 72.4 cm³/mol. The van der Waals surface area contributed by atoms with Crippen molar-refractivity contribution in [2.45, 2.75) is 25.1 Å². The zero-order valence-corrected chi connectivity index (χ0v) is 11.3. The third-order valence-corrected chi connectivity index (χ3v) is 4.23. The van der Waals surface area contributed by atoms with Crippen molar-refractivity contribution in [3.05, 3.63) is 35.4 Å². The fraction of sp³-hybridized carbons (Fsp3) is 0.462. The number of carbonyl (C=O) groups is 1. The summed E-state index contributed by atoms with van der Waals surface area (Å²) in [6, 6.07) is 8.18. The molecule has 0 saturated carbocycles. The Kier molecular flexibility index (Phi) is 5.02. The van der Waals surface area contributed by atoms with Gasteiger partial charge in [-0.15, -0.1) is 0 Å². The lowest BCUT2D eigenvalue weighted by Gasteiger charge is -2.23. The quantitative estimate of drug-likeness (QED) is 0.816. The predicted octanol–water partition coefficient (Wildman–Crippen LogP) is 2.29. The largest absolute Gasteiger partial charge is 0.480 e. The topological polar surface area (TPSA) is 49.3 Å². The third kappa shape index (κ3) is 3.75. The van der Waals surface area contributed by atoms with Crippen LogP contribution in [0.3, 0.4) is 0 Å². The molecule has 1 unspecified atom stereocenters. The summed E-state index contributed by atoms with van der Waals surface area (Å²) in [5, 5.41) is 12.0. The number of aryl methyl sites for hydroxylation is 1. The van der Waals surface area contributed by atoms with Gasteiger partial charge < -0.3 is 10.4 Å². The Balaban J connectivity index is 2.53. The molecular formula is C13H19NO2S. The van der Waals surface area contributed by atoms with E-state index >= 15 is 0 Å². The highest BCUT2D eigenvalue weighted by Gasteiger charge is 2.30. The summed E-state index contributed by atoms with van der Waals surface area (Å²) in [5.41, 5.74) is 1.66. The molecule has 0 bridgehead atoms. The number of likely N-dealkylation sites (N-methyl/N-ethyl adjacent to an activating group) is 1. The molecule has 0 aliphatic heterocycles. The standard InChI is InChI=1S/C13H19NO2S/c1-10-6-4-5-7-11(10)8-17-9-13(2,14-3)12(15)16/h4-7,14H,8-9H2,1-3H3,(H,15,16). The van der Waals surface area contributed by atoms with Gasteiger partial charge in [-0.2, -0.15) is 11.8 Å². The lowest BCUT2D eigenvalue weighted by molar-refractivity contribution is -0.142. The SMILES string of the molecule is CNC(C)(CSCc1ccccc1C)C(=O)O. The van der Waals surface area contributed by atoms with Crippen molar-refractivity contribution in [2.24, 2.45) is 0 Å². The fourth-order valence-electron chi connectivity index (χ4n) is 1.38. The van der Waals surface area contributed by atoms with E-state index in [1.807, 2.05) is 12.1 Å². The average Bonchev–Trinajstić information content (AvgIpc) is 2.31. The van der Waals surface area contributed by atoms with Crippen LogP contribution in [-0.4, -0.2) is 29.4 Å². The van der Waals surface area contributed by atoms with Gasteiger partial charge in [0.2, 0.25) is 0 Å². The molecule has 0 heterocycles. The second-order valence-corrected chi connectivity index (χ2v) is 5.29. The van der Waals surface area contributed by atoms with E-state index in [0.29, 0.717) is 5.75 Å². The number of thioether (sulfide) groups is 1. The number of aliphatic carboxylic acids is 1. The van der Waals surface area contributed by atoms with Crippen LogP contribution >= 0.6 is 11.8 Å². The summed E-state index contributed by atoms with van der Waals surface area (Å²) in [7, 11) is 1.68. The lowest BCUT2D eigenvalue weighted by atomic mass is 10.1. The monoisotopic (exact) mass is 253 g/mol. The van der Waals surface area contributed by atoms with Crippen molar-refractivity contribution < 1.29 is 9.90 Å². The third-order valence-electron chi connectivity index (χ3n) is 2.93. The van der Waals surface area contributed by atoms with E-state index in [4.69, 9.17) is 5.11 Å². The highest BCUT2D eigenvalue weighted by molar-refractivity contribution is 7.98. The van der Waals surface area contributed by atoms with Gasteiger partial charge in [0.15, 0.2) is 0 Å². The summed E-state index contributed by atoms with van der Waals surface area (Å²) < 4.78 is 0. The molecule has 3 nitrogen and oxygen atoms in total. The maximum Gasteiger partial charge on any atom is 0.324 e. The number of hydrogen-bond acceptors (Lipinski definition) is 3. The summed E-state index contributed by atoms with van der Waals surface area (Å²) in [6.07, 6.45) is 0. The van der Waals surface area contributed by atoms with Crippen LogP contribution in [0.5, 0.6) is 0 Å². The maximum atomic E-state index is 11.1. The van der Waals surface area contributed by atoms with E-state index < -0.39 is 11.5 Å². The molecule has 1 aromatic carbocycles. The van der Waals surface area contributed by atoms with Gasteiger partial charge in [-0.3, -0.25) is 4.79 Å². The summed E-state index contributed by atoms with van der Waals surface area (Å²) in [5.74, 6) is 0.585. The Morgan fingerprint density at radius 1 is 1.47 bits per heavy atom. The Morgan fingerprint density at radius 3 is 2.65 bits per heavy atom. The minimum atomic E-state index is -0.854. The van der Waals surface area contributed by atoms with Crippen LogP contribution in [0.1, 0.15) is 18.1 Å². The van der Waals surface area contributed by atoms with Crippen molar-refractivity contribution >= 4 is 17.7 Å². The molecular weight excluding hydrogens is 234 g/mol. The van der Waals surface area contributed by atoms with Crippen molar-refractivity contribution in [1.82, 2.24) is 5.32 Å². The van der Waals surface area contributed by atoms with E-state index in [0.717, 1.165) is 5.75 Å². The van der Waals surface area contributed by atoms with E-state index in [1.54, 1.807) is 25.7 Å². The highest BCUT2D eigenvalue weighted by atomic mass is 32.2.